The highest BCUT2D eigenvalue weighted by atomic mass is 79.9. The van der Waals surface area contributed by atoms with E-state index in [1.807, 2.05) is 0 Å². The number of carboxylic acids is 1. The van der Waals surface area contributed by atoms with E-state index in [-0.39, 0.29) is 5.76 Å². The Labute approximate surface area is 94.3 Å². The molecule has 1 rings (SSSR count). The molecule has 0 fully saturated rings. The Bertz CT molecular complexity index is 346. The standard InChI is InChI=1S/C9H9BrO3S/c1-6(10)4-14-5-7-2-3-8(13-7)9(11)12/h2-3H,1,4-5H2,(H,11,12). The molecule has 76 valence electrons. The Kier molecular flexibility index (Phi) is 4.28. The second-order valence-electron chi connectivity index (χ2n) is 2.58. The number of hydrogen-bond acceptors (Lipinski definition) is 3. The second kappa shape index (κ2) is 5.26. The van der Waals surface area contributed by atoms with E-state index in [4.69, 9.17) is 9.52 Å². The fraction of sp³-hybridized carbons (Fsp3) is 0.222. The zero-order valence-electron chi connectivity index (χ0n) is 7.33. The highest BCUT2D eigenvalue weighted by Gasteiger charge is 2.08. The minimum atomic E-state index is -1.04. The van der Waals surface area contributed by atoms with E-state index in [9.17, 15) is 4.79 Å². The number of aromatic carboxylic acids is 1. The first-order chi connectivity index (χ1) is 6.59. The molecule has 0 spiro atoms. The van der Waals surface area contributed by atoms with Crippen molar-refractivity contribution >= 4 is 33.7 Å². The Morgan fingerprint density at radius 2 is 2.36 bits per heavy atom. The van der Waals surface area contributed by atoms with Gasteiger partial charge < -0.3 is 9.52 Å². The van der Waals surface area contributed by atoms with Crippen LogP contribution in [0.15, 0.2) is 27.6 Å². The van der Waals surface area contributed by atoms with Gasteiger partial charge in [-0.05, 0) is 16.6 Å². The summed E-state index contributed by atoms with van der Waals surface area (Å²) in [6.07, 6.45) is 0. The van der Waals surface area contributed by atoms with Gasteiger partial charge in [0.2, 0.25) is 5.76 Å². The number of thioether (sulfide) groups is 1. The van der Waals surface area contributed by atoms with Crippen LogP contribution in [-0.2, 0) is 5.75 Å². The third-order valence-electron chi connectivity index (χ3n) is 1.38. The SMILES string of the molecule is C=C(Br)CSCc1ccc(C(=O)O)o1. The zero-order valence-corrected chi connectivity index (χ0v) is 9.73. The lowest BCUT2D eigenvalue weighted by Crippen LogP contribution is -1.91. The summed E-state index contributed by atoms with van der Waals surface area (Å²) in [5.41, 5.74) is 0. The summed E-state index contributed by atoms with van der Waals surface area (Å²) in [4.78, 5) is 10.5. The molecular formula is C9H9BrO3S. The third kappa shape index (κ3) is 3.59. The van der Waals surface area contributed by atoms with Crippen molar-refractivity contribution in [3.63, 3.8) is 0 Å². The van der Waals surface area contributed by atoms with Gasteiger partial charge in [0.1, 0.15) is 5.76 Å². The summed E-state index contributed by atoms with van der Waals surface area (Å²) in [5.74, 6) is 1.05. The van der Waals surface area contributed by atoms with Crippen LogP contribution in [0.3, 0.4) is 0 Å². The lowest BCUT2D eigenvalue weighted by atomic mass is 10.4. The van der Waals surface area contributed by atoms with Crippen molar-refractivity contribution in [1.82, 2.24) is 0 Å². The minimum absolute atomic E-state index is 0.0155. The molecule has 0 saturated carbocycles. The van der Waals surface area contributed by atoms with Crippen LogP contribution in [0, 0.1) is 0 Å². The molecular weight excluding hydrogens is 268 g/mol. The van der Waals surface area contributed by atoms with E-state index < -0.39 is 5.97 Å². The minimum Gasteiger partial charge on any atom is -0.475 e. The molecule has 0 aliphatic carbocycles. The topological polar surface area (TPSA) is 50.4 Å². The van der Waals surface area contributed by atoms with Crippen molar-refractivity contribution < 1.29 is 14.3 Å². The van der Waals surface area contributed by atoms with Crippen LogP contribution in [-0.4, -0.2) is 16.8 Å². The van der Waals surface area contributed by atoms with E-state index in [2.05, 4.69) is 22.5 Å². The average Bonchev–Trinajstić information content (AvgIpc) is 2.52. The number of halogens is 1. The van der Waals surface area contributed by atoms with Crippen molar-refractivity contribution in [2.45, 2.75) is 5.75 Å². The van der Waals surface area contributed by atoms with Gasteiger partial charge in [0.05, 0.1) is 5.75 Å². The van der Waals surface area contributed by atoms with Crippen molar-refractivity contribution in [2.75, 3.05) is 5.75 Å². The van der Waals surface area contributed by atoms with Crippen LogP contribution in [0.25, 0.3) is 0 Å². The molecule has 0 atom stereocenters. The van der Waals surface area contributed by atoms with Gasteiger partial charge >= 0.3 is 5.97 Å². The van der Waals surface area contributed by atoms with Crippen LogP contribution in [0.4, 0.5) is 0 Å². The largest absolute Gasteiger partial charge is 0.475 e. The number of carbonyl (C=O) groups is 1. The first kappa shape index (κ1) is 11.4. The molecule has 0 radical (unpaired) electrons. The Morgan fingerprint density at radius 1 is 1.64 bits per heavy atom. The molecule has 0 aliphatic rings. The molecule has 3 nitrogen and oxygen atoms in total. The maximum atomic E-state index is 10.5. The van der Waals surface area contributed by atoms with Crippen LogP contribution in [0.5, 0.6) is 0 Å². The molecule has 1 heterocycles. The number of rotatable bonds is 5. The molecule has 0 unspecified atom stereocenters. The van der Waals surface area contributed by atoms with Crippen molar-refractivity contribution in [2.24, 2.45) is 0 Å². The highest BCUT2D eigenvalue weighted by molar-refractivity contribution is 9.11. The number of carboxylic acid groups (broad SMARTS) is 1. The lowest BCUT2D eigenvalue weighted by molar-refractivity contribution is 0.0661. The smallest absolute Gasteiger partial charge is 0.371 e. The lowest BCUT2D eigenvalue weighted by Gasteiger charge is -1.96. The first-order valence-corrected chi connectivity index (χ1v) is 5.77. The summed E-state index contributed by atoms with van der Waals surface area (Å²) in [5, 5.41) is 8.59. The third-order valence-corrected chi connectivity index (χ3v) is 3.07. The average molecular weight is 277 g/mol. The van der Waals surface area contributed by atoms with Gasteiger partial charge in [-0.3, -0.25) is 0 Å². The fourth-order valence-electron chi connectivity index (χ4n) is 0.833. The van der Waals surface area contributed by atoms with Crippen molar-refractivity contribution in [3.8, 4) is 0 Å². The maximum absolute atomic E-state index is 10.5. The summed E-state index contributed by atoms with van der Waals surface area (Å²) in [6, 6.07) is 3.13. The van der Waals surface area contributed by atoms with Gasteiger partial charge in [-0.1, -0.05) is 22.5 Å². The summed E-state index contributed by atoms with van der Waals surface area (Å²) >= 11 is 4.84. The van der Waals surface area contributed by atoms with E-state index in [1.165, 1.54) is 6.07 Å². The van der Waals surface area contributed by atoms with Crippen molar-refractivity contribution in [3.05, 3.63) is 34.7 Å². The maximum Gasteiger partial charge on any atom is 0.371 e. The van der Waals surface area contributed by atoms with Crippen LogP contribution in [0.2, 0.25) is 0 Å². The number of furan rings is 1. The van der Waals surface area contributed by atoms with Gasteiger partial charge in [-0.15, -0.1) is 11.8 Å². The molecule has 0 amide bonds. The predicted molar refractivity (Wildman–Crippen MR) is 59.9 cm³/mol. The zero-order chi connectivity index (χ0) is 10.6. The predicted octanol–water partition coefficient (Wildman–Crippen LogP) is 3.12. The van der Waals surface area contributed by atoms with Gasteiger partial charge in [0.15, 0.2) is 0 Å². The van der Waals surface area contributed by atoms with Gasteiger partial charge in [0.25, 0.3) is 0 Å². The molecule has 0 aromatic carbocycles. The van der Waals surface area contributed by atoms with Crippen LogP contribution >= 0.6 is 27.7 Å². The van der Waals surface area contributed by atoms with Gasteiger partial charge in [-0.2, -0.15) is 0 Å². The Balaban J connectivity index is 2.44. The molecule has 14 heavy (non-hydrogen) atoms. The summed E-state index contributed by atoms with van der Waals surface area (Å²) in [6.45, 7) is 3.69. The molecule has 5 heteroatoms. The molecule has 1 aromatic rings. The summed E-state index contributed by atoms with van der Waals surface area (Å²) < 4.78 is 5.97. The second-order valence-corrected chi connectivity index (χ2v) is 4.69. The van der Waals surface area contributed by atoms with E-state index in [0.29, 0.717) is 11.5 Å². The van der Waals surface area contributed by atoms with Crippen LogP contribution < -0.4 is 0 Å². The molecule has 1 N–H and O–H groups in total. The molecule has 0 aliphatic heterocycles. The van der Waals surface area contributed by atoms with E-state index in [0.717, 1.165) is 10.2 Å². The van der Waals surface area contributed by atoms with E-state index in [1.54, 1.807) is 17.8 Å². The normalized spacial score (nSPS) is 10.1. The fourth-order valence-corrected chi connectivity index (χ4v) is 2.00. The molecule has 0 saturated heterocycles. The molecule has 1 aromatic heterocycles. The van der Waals surface area contributed by atoms with Gasteiger partial charge in [-0.25, -0.2) is 4.79 Å². The number of hydrogen-bond donors (Lipinski definition) is 1. The van der Waals surface area contributed by atoms with Gasteiger partial charge in [0, 0.05) is 5.75 Å². The van der Waals surface area contributed by atoms with Crippen LogP contribution in [0.1, 0.15) is 16.3 Å². The van der Waals surface area contributed by atoms with Crippen molar-refractivity contribution in [1.29, 1.82) is 0 Å². The Morgan fingerprint density at radius 3 is 2.86 bits per heavy atom. The first-order valence-electron chi connectivity index (χ1n) is 3.82. The Hall–Kier alpha value is -0.680. The quantitative estimate of drug-likeness (QED) is 0.898. The summed E-state index contributed by atoms with van der Waals surface area (Å²) in [7, 11) is 0. The monoisotopic (exact) mass is 276 g/mol. The molecule has 0 bridgehead atoms. The highest BCUT2D eigenvalue weighted by Crippen LogP contribution is 2.18. The van der Waals surface area contributed by atoms with E-state index >= 15 is 0 Å².